The summed E-state index contributed by atoms with van der Waals surface area (Å²) in [7, 11) is 0. The molecule has 0 bridgehead atoms. The summed E-state index contributed by atoms with van der Waals surface area (Å²) in [6.07, 6.45) is 1.77. The molecule has 2 aromatic carbocycles. The summed E-state index contributed by atoms with van der Waals surface area (Å²) in [5.41, 5.74) is 3.05. The Morgan fingerprint density at radius 2 is 1.81 bits per heavy atom. The lowest BCUT2D eigenvalue weighted by atomic mass is 10.0. The summed E-state index contributed by atoms with van der Waals surface area (Å²) in [6.45, 7) is 2.62. The van der Waals surface area contributed by atoms with E-state index in [1.165, 1.54) is 0 Å². The fraction of sp³-hybridized carbons (Fsp3) is 0.120. The van der Waals surface area contributed by atoms with Gasteiger partial charge in [-0.2, -0.15) is 0 Å². The maximum atomic E-state index is 13.3. The molecular weight excluding hydrogens is 408 g/mol. The minimum absolute atomic E-state index is 0.132. The molecule has 0 aliphatic carbocycles. The van der Waals surface area contributed by atoms with Crippen LogP contribution in [0.25, 0.3) is 16.6 Å². The van der Waals surface area contributed by atoms with Gasteiger partial charge in [0.15, 0.2) is 11.5 Å². The highest BCUT2D eigenvalue weighted by molar-refractivity contribution is 6.47. The molecule has 0 fully saturated rings. The summed E-state index contributed by atoms with van der Waals surface area (Å²) in [5, 5.41) is 2.67. The molecule has 0 saturated carbocycles. The zero-order valence-electron chi connectivity index (χ0n) is 17.3. The third-order valence-electron chi connectivity index (χ3n) is 5.21. The van der Waals surface area contributed by atoms with Gasteiger partial charge in [0, 0.05) is 29.0 Å². The second-order valence-electron chi connectivity index (χ2n) is 7.21. The fourth-order valence-electron chi connectivity index (χ4n) is 3.74. The van der Waals surface area contributed by atoms with E-state index in [-0.39, 0.29) is 6.79 Å². The molecule has 0 spiro atoms. The number of Topliss-reactive ketones (excluding diaryl/α,β-unsaturated/α-hetero) is 1. The highest BCUT2D eigenvalue weighted by Crippen LogP contribution is 2.34. The number of rotatable bonds is 6. The minimum atomic E-state index is -0.736. The number of nitrogens with zero attached hydrogens (tertiary/aromatic N) is 1. The third-order valence-corrected chi connectivity index (χ3v) is 5.21. The normalized spacial score (nSPS) is 12.0. The predicted octanol–water partition coefficient (Wildman–Crippen LogP) is 4.56. The van der Waals surface area contributed by atoms with Crippen LogP contribution in [0.15, 0.2) is 72.9 Å². The molecule has 4 aromatic rings. The van der Waals surface area contributed by atoms with Gasteiger partial charge >= 0.3 is 0 Å². The van der Waals surface area contributed by atoms with Crippen LogP contribution in [0.4, 0.5) is 5.69 Å². The summed E-state index contributed by atoms with van der Waals surface area (Å²) in [5.74, 6) is 0.495. The highest BCUT2D eigenvalue weighted by atomic mass is 16.7. The number of hydrogen-bond donors (Lipinski definition) is 1. The van der Waals surface area contributed by atoms with Crippen molar-refractivity contribution in [2.45, 2.75) is 6.92 Å². The van der Waals surface area contributed by atoms with Crippen LogP contribution in [0.2, 0.25) is 0 Å². The lowest BCUT2D eigenvalue weighted by Gasteiger charge is -2.09. The van der Waals surface area contributed by atoms with E-state index in [0.29, 0.717) is 35.1 Å². The van der Waals surface area contributed by atoms with Gasteiger partial charge < -0.3 is 23.9 Å². The van der Waals surface area contributed by atoms with Gasteiger partial charge in [-0.3, -0.25) is 9.59 Å². The van der Waals surface area contributed by atoms with Crippen LogP contribution in [0.5, 0.6) is 17.2 Å². The van der Waals surface area contributed by atoms with Gasteiger partial charge in [0.25, 0.3) is 11.7 Å². The molecule has 0 saturated heterocycles. The number of hydrogen-bond acceptors (Lipinski definition) is 5. The third kappa shape index (κ3) is 3.54. The summed E-state index contributed by atoms with van der Waals surface area (Å²) < 4.78 is 17.9. The van der Waals surface area contributed by atoms with Gasteiger partial charge in [0.2, 0.25) is 6.79 Å². The number of benzene rings is 2. The Morgan fingerprint density at radius 3 is 2.62 bits per heavy atom. The maximum Gasteiger partial charge on any atom is 0.298 e. The van der Waals surface area contributed by atoms with Crippen molar-refractivity contribution in [1.82, 2.24) is 4.40 Å². The Labute approximate surface area is 184 Å². The summed E-state index contributed by atoms with van der Waals surface area (Å²) >= 11 is 0. The number of carbonyl (C=O) groups excluding carboxylic acids is 2. The number of fused-ring (bicyclic) bond motifs is 2. The van der Waals surface area contributed by atoms with Crippen LogP contribution in [0, 0.1) is 0 Å². The standard InChI is InChI=1S/C25H20N2O5/c1-2-30-19-9-6-16(7-10-19)20-14-18-5-3-4-12-27(18)23(20)24(28)25(29)26-17-8-11-21-22(13-17)32-15-31-21/h3-14H,2,15H2,1H3,(H,26,29). The molecule has 1 aliphatic heterocycles. The molecule has 7 nitrogen and oxygen atoms in total. The SMILES string of the molecule is CCOc1ccc(-c2cc3ccccn3c2C(=O)C(=O)Nc2ccc3c(c2)OCO3)cc1. The van der Waals surface area contributed by atoms with Crippen molar-refractivity contribution in [2.75, 3.05) is 18.7 Å². The fourth-order valence-corrected chi connectivity index (χ4v) is 3.74. The van der Waals surface area contributed by atoms with E-state index in [0.717, 1.165) is 16.8 Å². The van der Waals surface area contributed by atoms with Crippen molar-refractivity contribution in [3.05, 3.63) is 78.6 Å². The molecule has 0 atom stereocenters. The molecule has 2 aromatic heterocycles. The number of pyridine rings is 1. The van der Waals surface area contributed by atoms with Crippen LogP contribution in [0.3, 0.4) is 0 Å². The van der Waals surface area contributed by atoms with Crippen molar-refractivity contribution in [3.63, 3.8) is 0 Å². The van der Waals surface area contributed by atoms with E-state index >= 15 is 0 Å². The van der Waals surface area contributed by atoms with Gasteiger partial charge in [-0.15, -0.1) is 0 Å². The molecule has 7 heteroatoms. The Balaban J connectivity index is 1.50. The largest absolute Gasteiger partial charge is 0.494 e. The van der Waals surface area contributed by atoms with Gasteiger partial charge in [0.05, 0.1) is 6.61 Å². The van der Waals surface area contributed by atoms with E-state index in [2.05, 4.69) is 5.32 Å². The molecular formula is C25H20N2O5. The summed E-state index contributed by atoms with van der Waals surface area (Å²) in [6, 6.07) is 20.0. The number of ketones is 1. The molecule has 0 radical (unpaired) electrons. The number of anilines is 1. The van der Waals surface area contributed by atoms with Crippen molar-refractivity contribution in [1.29, 1.82) is 0 Å². The Kier molecular flexibility index (Phi) is 4.99. The topological polar surface area (TPSA) is 78.3 Å². The molecule has 3 heterocycles. The minimum Gasteiger partial charge on any atom is -0.494 e. The first-order valence-electron chi connectivity index (χ1n) is 10.2. The summed E-state index contributed by atoms with van der Waals surface area (Å²) in [4.78, 5) is 26.2. The van der Waals surface area contributed by atoms with Gasteiger partial charge in [-0.25, -0.2) is 0 Å². The van der Waals surface area contributed by atoms with E-state index in [1.54, 1.807) is 28.8 Å². The zero-order chi connectivity index (χ0) is 22.1. The van der Waals surface area contributed by atoms with Crippen LogP contribution in [-0.2, 0) is 4.79 Å². The lowest BCUT2D eigenvalue weighted by molar-refractivity contribution is -0.112. The highest BCUT2D eigenvalue weighted by Gasteiger charge is 2.25. The van der Waals surface area contributed by atoms with Crippen LogP contribution < -0.4 is 19.5 Å². The predicted molar refractivity (Wildman–Crippen MR) is 120 cm³/mol. The van der Waals surface area contributed by atoms with Crippen molar-refractivity contribution >= 4 is 22.9 Å². The quantitative estimate of drug-likeness (QED) is 0.360. The molecule has 0 unspecified atom stereocenters. The average molecular weight is 428 g/mol. The average Bonchev–Trinajstić information content (AvgIpc) is 3.43. The smallest absolute Gasteiger partial charge is 0.298 e. The molecule has 1 N–H and O–H groups in total. The number of nitrogens with one attached hydrogen (secondary N) is 1. The van der Waals surface area contributed by atoms with Crippen molar-refractivity contribution < 1.29 is 23.8 Å². The molecule has 160 valence electrons. The van der Waals surface area contributed by atoms with Gasteiger partial charge in [-0.05, 0) is 55.0 Å². The Bertz CT molecular complexity index is 1320. The van der Waals surface area contributed by atoms with E-state index in [1.807, 2.05) is 55.5 Å². The molecule has 1 amide bonds. The first-order chi connectivity index (χ1) is 15.6. The number of carbonyl (C=O) groups is 2. The van der Waals surface area contributed by atoms with Crippen LogP contribution in [0.1, 0.15) is 17.4 Å². The van der Waals surface area contributed by atoms with E-state index < -0.39 is 11.7 Å². The zero-order valence-corrected chi connectivity index (χ0v) is 17.3. The number of amides is 1. The molecule has 5 rings (SSSR count). The first kappa shape index (κ1) is 19.7. The van der Waals surface area contributed by atoms with Gasteiger partial charge in [0.1, 0.15) is 11.4 Å². The van der Waals surface area contributed by atoms with E-state index in [9.17, 15) is 9.59 Å². The Hall–Kier alpha value is -4.26. The number of ether oxygens (including phenoxy) is 3. The van der Waals surface area contributed by atoms with Crippen LogP contribution in [-0.4, -0.2) is 29.5 Å². The van der Waals surface area contributed by atoms with E-state index in [4.69, 9.17) is 14.2 Å². The van der Waals surface area contributed by atoms with Crippen LogP contribution >= 0.6 is 0 Å². The Morgan fingerprint density at radius 1 is 1.00 bits per heavy atom. The number of aromatic nitrogens is 1. The second-order valence-corrected chi connectivity index (χ2v) is 7.21. The second kappa shape index (κ2) is 8.11. The monoisotopic (exact) mass is 428 g/mol. The molecule has 32 heavy (non-hydrogen) atoms. The van der Waals surface area contributed by atoms with Crippen molar-refractivity contribution in [2.24, 2.45) is 0 Å². The lowest BCUT2D eigenvalue weighted by Crippen LogP contribution is -2.24. The van der Waals surface area contributed by atoms with Crippen molar-refractivity contribution in [3.8, 4) is 28.4 Å². The molecule has 1 aliphatic rings. The maximum absolute atomic E-state index is 13.3. The van der Waals surface area contributed by atoms with Gasteiger partial charge in [-0.1, -0.05) is 18.2 Å². The first-order valence-corrected chi connectivity index (χ1v) is 10.2.